The van der Waals surface area contributed by atoms with Crippen molar-refractivity contribution >= 4 is 11.8 Å². The molecule has 0 radical (unpaired) electrons. The van der Waals surface area contributed by atoms with Crippen LogP contribution in [0.4, 0.5) is 0 Å². The Kier molecular flexibility index (Phi) is 6.09. The van der Waals surface area contributed by atoms with Gasteiger partial charge in [0, 0.05) is 11.6 Å². The van der Waals surface area contributed by atoms with Crippen molar-refractivity contribution in [2.24, 2.45) is 0 Å². The van der Waals surface area contributed by atoms with E-state index in [0.717, 1.165) is 0 Å². The maximum Gasteiger partial charge on any atom is 0.331 e. The molecule has 0 aliphatic rings. The summed E-state index contributed by atoms with van der Waals surface area (Å²) < 4.78 is 9.85. The van der Waals surface area contributed by atoms with Crippen molar-refractivity contribution in [3.8, 4) is 5.75 Å². The Labute approximate surface area is 112 Å². The van der Waals surface area contributed by atoms with Crippen molar-refractivity contribution < 1.29 is 19.1 Å². The monoisotopic (exact) mass is 260 g/mol. The summed E-state index contributed by atoms with van der Waals surface area (Å²) in [6.07, 6.45) is 6.30. The smallest absolute Gasteiger partial charge is 0.331 e. The second-order valence-corrected chi connectivity index (χ2v) is 3.65. The van der Waals surface area contributed by atoms with Gasteiger partial charge in [0.1, 0.15) is 5.75 Å². The topological polar surface area (TPSA) is 52.6 Å². The van der Waals surface area contributed by atoms with E-state index in [9.17, 15) is 9.59 Å². The van der Waals surface area contributed by atoms with E-state index in [0.29, 0.717) is 11.3 Å². The Bertz CT molecular complexity index is 501. The van der Waals surface area contributed by atoms with Gasteiger partial charge in [-0.15, -0.1) is 0 Å². The van der Waals surface area contributed by atoms with Crippen LogP contribution in [0.3, 0.4) is 0 Å². The molecule has 0 heterocycles. The lowest BCUT2D eigenvalue weighted by Crippen LogP contribution is -2.12. The minimum absolute atomic E-state index is 0.272. The van der Waals surface area contributed by atoms with Crippen LogP contribution in [0.25, 0.3) is 0 Å². The van der Waals surface area contributed by atoms with Crippen LogP contribution >= 0.6 is 0 Å². The van der Waals surface area contributed by atoms with Crippen molar-refractivity contribution in [2.75, 3.05) is 13.7 Å². The Morgan fingerprint density at radius 2 is 2.05 bits per heavy atom. The van der Waals surface area contributed by atoms with Crippen molar-refractivity contribution in [3.05, 3.63) is 54.1 Å². The third-order valence-corrected chi connectivity index (χ3v) is 2.27. The Morgan fingerprint density at radius 3 is 2.74 bits per heavy atom. The van der Waals surface area contributed by atoms with Crippen LogP contribution in [0.1, 0.15) is 17.3 Å². The second kappa shape index (κ2) is 7.87. The van der Waals surface area contributed by atoms with Crippen molar-refractivity contribution in [3.63, 3.8) is 0 Å². The van der Waals surface area contributed by atoms with Crippen LogP contribution in [0, 0.1) is 0 Å². The SMILES string of the molecule is C/C=C/C=C/C(=O)OCC(=O)c1cccc(OC)c1. The molecular weight excluding hydrogens is 244 g/mol. The number of ketones is 1. The standard InChI is InChI=1S/C15H16O4/c1-3-4-5-9-15(17)19-11-14(16)12-7-6-8-13(10-12)18-2/h3-10H,11H2,1-2H3/b4-3+,9-5+. The summed E-state index contributed by atoms with van der Waals surface area (Å²) in [6, 6.07) is 6.70. The molecule has 100 valence electrons. The fourth-order valence-electron chi connectivity index (χ4n) is 1.31. The predicted octanol–water partition coefficient (Wildman–Crippen LogP) is 2.55. The number of ether oxygens (including phenoxy) is 2. The van der Waals surface area contributed by atoms with Crippen molar-refractivity contribution in [1.82, 2.24) is 0 Å². The number of methoxy groups -OCH3 is 1. The highest BCUT2D eigenvalue weighted by Gasteiger charge is 2.09. The average Bonchev–Trinajstić information content (AvgIpc) is 2.45. The molecule has 0 fully saturated rings. The summed E-state index contributed by atoms with van der Waals surface area (Å²) in [5, 5.41) is 0. The maximum absolute atomic E-state index is 11.8. The third kappa shape index (κ3) is 5.21. The molecule has 19 heavy (non-hydrogen) atoms. The van der Waals surface area contributed by atoms with Gasteiger partial charge in [-0.25, -0.2) is 4.79 Å². The number of benzene rings is 1. The maximum atomic E-state index is 11.8. The molecule has 0 amide bonds. The Hall–Kier alpha value is -2.36. The minimum Gasteiger partial charge on any atom is -0.497 e. The highest BCUT2D eigenvalue weighted by molar-refractivity contribution is 5.98. The summed E-state index contributed by atoms with van der Waals surface area (Å²) in [5.41, 5.74) is 0.449. The number of hydrogen-bond donors (Lipinski definition) is 0. The normalized spacial score (nSPS) is 10.8. The molecule has 0 spiro atoms. The molecule has 4 heteroatoms. The molecule has 0 unspecified atom stereocenters. The minimum atomic E-state index is -0.547. The molecule has 0 saturated carbocycles. The number of rotatable bonds is 6. The zero-order valence-electron chi connectivity index (χ0n) is 11.0. The summed E-state index contributed by atoms with van der Waals surface area (Å²) in [4.78, 5) is 23.0. The van der Waals surface area contributed by atoms with E-state index in [-0.39, 0.29) is 12.4 Å². The number of allylic oxidation sites excluding steroid dienone is 3. The molecule has 0 N–H and O–H groups in total. The lowest BCUT2D eigenvalue weighted by Gasteiger charge is -2.04. The molecule has 0 atom stereocenters. The highest BCUT2D eigenvalue weighted by Crippen LogP contribution is 2.13. The summed E-state index contributed by atoms with van der Waals surface area (Å²) >= 11 is 0. The molecule has 0 aromatic heterocycles. The van der Waals surface area contributed by atoms with Crippen LogP contribution in [-0.4, -0.2) is 25.5 Å². The number of carbonyl (C=O) groups is 2. The largest absolute Gasteiger partial charge is 0.497 e. The summed E-state index contributed by atoms with van der Waals surface area (Å²) in [6.45, 7) is 1.55. The molecule has 4 nitrogen and oxygen atoms in total. The molecule has 1 aromatic rings. The zero-order chi connectivity index (χ0) is 14.1. The molecule has 0 bridgehead atoms. The first kappa shape index (κ1) is 14.7. The van der Waals surface area contributed by atoms with Gasteiger partial charge in [0.15, 0.2) is 12.4 Å². The lowest BCUT2D eigenvalue weighted by molar-refractivity contribution is -0.136. The average molecular weight is 260 g/mol. The van der Waals surface area contributed by atoms with E-state index in [1.807, 2.05) is 6.92 Å². The fraction of sp³-hybridized carbons (Fsp3) is 0.200. The number of carbonyl (C=O) groups excluding carboxylic acids is 2. The van der Waals surface area contributed by atoms with E-state index >= 15 is 0 Å². The zero-order valence-corrected chi connectivity index (χ0v) is 11.0. The van der Waals surface area contributed by atoms with Crippen LogP contribution in [-0.2, 0) is 9.53 Å². The molecular formula is C15H16O4. The number of Topliss-reactive ketones (excluding diaryl/α,β-unsaturated/α-hetero) is 1. The van der Waals surface area contributed by atoms with E-state index in [2.05, 4.69) is 0 Å². The van der Waals surface area contributed by atoms with E-state index in [4.69, 9.17) is 9.47 Å². The van der Waals surface area contributed by atoms with Crippen LogP contribution in [0.5, 0.6) is 5.75 Å². The molecule has 0 saturated heterocycles. The van der Waals surface area contributed by atoms with Crippen LogP contribution < -0.4 is 4.74 Å². The van der Waals surface area contributed by atoms with Gasteiger partial charge in [0.25, 0.3) is 0 Å². The van der Waals surface area contributed by atoms with Gasteiger partial charge < -0.3 is 9.47 Å². The molecule has 0 aliphatic carbocycles. The van der Waals surface area contributed by atoms with Crippen LogP contribution in [0.2, 0.25) is 0 Å². The number of hydrogen-bond acceptors (Lipinski definition) is 4. The molecule has 1 rings (SSSR count). The second-order valence-electron chi connectivity index (χ2n) is 3.65. The van der Waals surface area contributed by atoms with Crippen molar-refractivity contribution in [1.29, 1.82) is 0 Å². The summed E-state index contributed by atoms with van der Waals surface area (Å²) in [5.74, 6) is -0.230. The lowest BCUT2D eigenvalue weighted by atomic mass is 10.1. The van der Waals surface area contributed by atoms with Gasteiger partial charge in [-0.05, 0) is 19.1 Å². The first-order chi connectivity index (χ1) is 9.17. The fourth-order valence-corrected chi connectivity index (χ4v) is 1.31. The van der Waals surface area contributed by atoms with E-state index < -0.39 is 5.97 Å². The highest BCUT2D eigenvalue weighted by atomic mass is 16.5. The Morgan fingerprint density at radius 1 is 1.26 bits per heavy atom. The van der Waals surface area contributed by atoms with Crippen LogP contribution in [0.15, 0.2) is 48.6 Å². The van der Waals surface area contributed by atoms with E-state index in [1.54, 1.807) is 42.5 Å². The molecule has 1 aromatic carbocycles. The number of esters is 1. The quantitative estimate of drug-likeness (QED) is 0.341. The van der Waals surface area contributed by atoms with Gasteiger partial charge in [-0.2, -0.15) is 0 Å². The third-order valence-electron chi connectivity index (χ3n) is 2.27. The van der Waals surface area contributed by atoms with E-state index in [1.165, 1.54) is 13.2 Å². The first-order valence-electron chi connectivity index (χ1n) is 5.80. The summed E-state index contributed by atoms with van der Waals surface area (Å²) in [7, 11) is 1.52. The molecule has 0 aliphatic heterocycles. The van der Waals surface area contributed by atoms with Gasteiger partial charge >= 0.3 is 5.97 Å². The van der Waals surface area contributed by atoms with Gasteiger partial charge in [-0.1, -0.05) is 30.4 Å². The van der Waals surface area contributed by atoms with Gasteiger partial charge in [-0.3, -0.25) is 4.79 Å². The Balaban J connectivity index is 2.53. The van der Waals surface area contributed by atoms with Crippen molar-refractivity contribution in [2.45, 2.75) is 6.92 Å². The predicted molar refractivity (Wildman–Crippen MR) is 72.2 cm³/mol. The van der Waals surface area contributed by atoms with Gasteiger partial charge in [0.05, 0.1) is 7.11 Å². The van der Waals surface area contributed by atoms with Gasteiger partial charge in [0.2, 0.25) is 0 Å². The first-order valence-corrected chi connectivity index (χ1v) is 5.80.